The van der Waals surface area contributed by atoms with Gasteiger partial charge in [-0.25, -0.2) is 4.98 Å². The Morgan fingerprint density at radius 3 is 2.67 bits per heavy atom. The highest BCUT2D eigenvalue weighted by Gasteiger charge is 2.17. The molecule has 0 saturated carbocycles. The molecule has 150 valence electrons. The Kier molecular flexibility index (Phi) is 5.15. The summed E-state index contributed by atoms with van der Waals surface area (Å²) >= 11 is 12.2. The van der Waals surface area contributed by atoms with E-state index in [0.717, 1.165) is 0 Å². The molecule has 0 saturated heterocycles. The van der Waals surface area contributed by atoms with Gasteiger partial charge in [0.15, 0.2) is 5.58 Å². The number of oxazole rings is 1. The van der Waals surface area contributed by atoms with Crippen molar-refractivity contribution in [1.82, 2.24) is 4.98 Å². The number of nitrogens with one attached hydrogen (secondary N) is 1. The second kappa shape index (κ2) is 7.78. The van der Waals surface area contributed by atoms with Crippen LogP contribution in [-0.4, -0.2) is 15.8 Å². The van der Waals surface area contributed by atoms with Crippen LogP contribution in [-0.2, 0) is 0 Å². The van der Waals surface area contributed by atoms with Crippen molar-refractivity contribution in [2.24, 2.45) is 0 Å². The predicted octanol–water partition coefficient (Wildman–Crippen LogP) is 6.27. The number of carbonyl (C=O) groups excluding carboxylic acids is 1. The minimum atomic E-state index is -0.529. The van der Waals surface area contributed by atoms with Crippen LogP contribution in [0.2, 0.25) is 10.0 Å². The number of carbonyl (C=O) groups is 1. The third-order valence-electron chi connectivity index (χ3n) is 4.48. The molecule has 3 aromatic carbocycles. The van der Waals surface area contributed by atoms with E-state index >= 15 is 0 Å². The fourth-order valence-electron chi connectivity index (χ4n) is 2.92. The maximum Gasteiger partial charge on any atom is 0.273 e. The average molecular weight is 442 g/mol. The number of nitro groups is 1. The van der Waals surface area contributed by atoms with Crippen molar-refractivity contribution in [3.8, 4) is 11.5 Å². The standard InChI is InChI=1S/C21H13Cl2N3O4/c1-11-2-3-12(9-18(11)26(28)29)20(27)24-16-8-13(4-6-15(16)23)21-25-17-10-14(22)5-7-19(17)30-21/h2-10H,1H3,(H,24,27). The van der Waals surface area contributed by atoms with Crippen LogP contribution in [0.5, 0.6) is 0 Å². The molecule has 7 nitrogen and oxygen atoms in total. The first-order chi connectivity index (χ1) is 14.3. The van der Waals surface area contributed by atoms with Gasteiger partial charge in [-0.05, 0) is 49.4 Å². The Hall–Kier alpha value is -3.42. The van der Waals surface area contributed by atoms with Crippen molar-refractivity contribution in [2.75, 3.05) is 5.32 Å². The van der Waals surface area contributed by atoms with Crippen LogP contribution in [0.25, 0.3) is 22.6 Å². The molecular formula is C21H13Cl2N3O4. The van der Waals surface area contributed by atoms with Crippen LogP contribution in [0, 0.1) is 17.0 Å². The third kappa shape index (κ3) is 3.85. The molecule has 1 heterocycles. The number of halogens is 2. The van der Waals surface area contributed by atoms with Crippen LogP contribution in [0.3, 0.4) is 0 Å². The van der Waals surface area contributed by atoms with Gasteiger partial charge in [0.25, 0.3) is 11.6 Å². The molecule has 9 heteroatoms. The van der Waals surface area contributed by atoms with Gasteiger partial charge in [0.05, 0.1) is 15.6 Å². The van der Waals surface area contributed by atoms with Gasteiger partial charge in [-0.1, -0.05) is 29.3 Å². The first kappa shape index (κ1) is 19.9. The van der Waals surface area contributed by atoms with Gasteiger partial charge in [-0.15, -0.1) is 0 Å². The normalized spacial score (nSPS) is 10.9. The van der Waals surface area contributed by atoms with Crippen molar-refractivity contribution >= 4 is 51.6 Å². The quantitative estimate of drug-likeness (QED) is 0.297. The number of benzene rings is 3. The number of hydrogen-bond donors (Lipinski definition) is 1. The summed E-state index contributed by atoms with van der Waals surface area (Å²) in [4.78, 5) is 27.6. The van der Waals surface area contributed by atoms with Gasteiger partial charge in [-0.3, -0.25) is 14.9 Å². The van der Waals surface area contributed by atoms with Gasteiger partial charge in [0.1, 0.15) is 5.52 Å². The molecule has 4 aromatic rings. The Labute approximate surface area is 180 Å². The van der Waals surface area contributed by atoms with E-state index in [9.17, 15) is 14.9 Å². The molecule has 30 heavy (non-hydrogen) atoms. The maximum absolute atomic E-state index is 12.6. The largest absolute Gasteiger partial charge is 0.436 e. The maximum atomic E-state index is 12.6. The minimum absolute atomic E-state index is 0.132. The monoisotopic (exact) mass is 441 g/mol. The highest BCUT2D eigenvalue weighted by Crippen LogP contribution is 2.31. The summed E-state index contributed by atoms with van der Waals surface area (Å²) in [5, 5.41) is 14.7. The Balaban J connectivity index is 1.65. The molecule has 0 aliphatic carbocycles. The number of nitrogens with zero attached hydrogens (tertiary/aromatic N) is 2. The number of amides is 1. The van der Waals surface area contributed by atoms with E-state index < -0.39 is 10.8 Å². The van der Waals surface area contributed by atoms with Crippen molar-refractivity contribution < 1.29 is 14.1 Å². The smallest absolute Gasteiger partial charge is 0.273 e. The Morgan fingerprint density at radius 1 is 1.10 bits per heavy atom. The number of aromatic nitrogens is 1. The molecule has 0 bridgehead atoms. The molecule has 4 rings (SSSR count). The number of nitro benzene ring substituents is 1. The van der Waals surface area contributed by atoms with E-state index in [1.54, 1.807) is 43.3 Å². The SMILES string of the molecule is Cc1ccc(C(=O)Nc2cc(-c3nc4cc(Cl)ccc4o3)ccc2Cl)cc1[N+](=O)[O-]. The Bertz CT molecular complexity index is 1320. The van der Waals surface area contributed by atoms with Crippen molar-refractivity contribution in [3.05, 3.63) is 85.9 Å². The van der Waals surface area contributed by atoms with Crippen LogP contribution in [0.4, 0.5) is 11.4 Å². The van der Waals surface area contributed by atoms with Crippen molar-refractivity contribution in [3.63, 3.8) is 0 Å². The van der Waals surface area contributed by atoms with E-state index in [1.165, 1.54) is 18.2 Å². The molecule has 0 aliphatic heterocycles. The lowest BCUT2D eigenvalue weighted by atomic mass is 10.1. The number of anilines is 1. The molecule has 0 atom stereocenters. The first-order valence-corrected chi connectivity index (χ1v) is 9.50. The summed E-state index contributed by atoms with van der Waals surface area (Å²) in [6.45, 7) is 1.60. The lowest BCUT2D eigenvalue weighted by Crippen LogP contribution is -2.12. The zero-order valence-corrected chi connectivity index (χ0v) is 17.0. The summed E-state index contributed by atoms with van der Waals surface area (Å²) in [5.41, 5.74) is 2.57. The van der Waals surface area contributed by atoms with Crippen LogP contribution < -0.4 is 5.32 Å². The molecule has 1 amide bonds. The average Bonchev–Trinajstić information content (AvgIpc) is 3.12. The van der Waals surface area contributed by atoms with Crippen LogP contribution >= 0.6 is 23.2 Å². The van der Waals surface area contributed by atoms with E-state index in [1.807, 2.05) is 0 Å². The van der Waals surface area contributed by atoms with Crippen LogP contribution in [0.1, 0.15) is 15.9 Å². The zero-order valence-electron chi connectivity index (χ0n) is 15.5. The van der Waals surface area contributed by atoms with E-state index in [-0.39, 0.29) is 11.3 Å². The molecule has 0 unspecified atom stereocenters. The number of rotatable bonds is 4. The molecule has 0 spiro atoms. The first-order valence-electron chi connectivity index (χ1n) is 8.74. The van der Waals surface area contributed by atoms with Gasteiger partial charge in [0, 0.05) is 27.8 Å². The van der Waals surface area contributed by atoms with E-state index in [2.05, 4.69) is 10.3 Å². The zero-order chi connectivity index (χ0) is 21.4. The third-order valence-corrected chi connectivity index (χ3v) is 5.04. The summed E-state index contributed by atoms with van der Waals surface area (Å²) in [5.74, 6) is -0.188. The topological polar surface area (TPSA) is 98.3 Å². The lowest BCUT2D eigenvalue weighted by Gasteiger charge is -2.09. The van der Waals surface area contributed by atoms with Crippen LogP contribution in [0.15, 0.2) is 59.0 Å². The van der Waals surface area contributed by atoms with Gasteiger partial charge >= 0.3 is 0 Å². The highest BCUT2D eigenvalue weighted by molar-refractivity contribution is 6.34. The fraction of sp³-hybridized carbons (Fsp3) is 0.0476. The van der Waals surface area contributed by atoms with Crippen molar-refractivity contribution in [1.29, 1.82) is 0 Å². The summed E-state index contributed by atoms with van der Waals surface area (Å²) in [6, 6.07) is 14.3. The second-order valence-corrected chi connectivity index (χ2v) is 7.38. The van der Waals surface area contributed by atoms with E-state index in [4.69, 9.17) is 27.6 Å². The second-order valence-electron chi connectivity index (χ2n) is 6.54. The molecular weight excluding hydrogens is 429 g/mol. The van der Waals surface area contributed by atoms with Gasteiger partial charge in [0.2, 0.25) is 5.89 Å². The summed E-state index contributed by atoms with van der Waals surface area (Å²) < 4.78 is 5.75. The number of aryl methyl sites for hydroxylation is 1. The minimum Gasteiger partial charge on any atom is -0.436 e. The molecule has 1 aromatic heterocycles. The summed E-state index contributed by atoms with van der Waals surface area (Å²) in [7, 11) is 0. The van der Waals surface area contributed by atoms with Crippen molar-refractivity contribution in [2.45, 2.75) is 6.92 Å². The number of fused-ring (bicyclic) bond motifs is 1. The summed E-state index contributed by atoms with van der Waals surface area (Å²) in [6.07, 6.45) is 0. The lowest BCUT2D eigenvalue weighted by molar-refractivity contribution is -0.385. The molecule has 0 fully saturated rings. The molecule has 0 aliphatic rings. The Morgan fingerprint density at radius 2 is 1.90 bits per heavy atom. The highest BCUT2D eigenvalue weighted by atomic mass is 35.5. The van der Waals surface area contributed by atoms with E-state index in [0.29, 0.717) is 43.9 Å². The molecule has 1 N–H and O–H groups in total. The number of hydrogen-bond acceptors (Lipinski definition) is 5. The van der Waals surface area contributed by atoms with Gasteiger partial charge < -0.3 is 9.73 Å². The molecule has 0 radical (unpaired) electrons. The van der Waals surface area contributed by atoms with Gasteiger partial charge in [-0.2, -0.15) is 0 Å². The predicted molar refractivity (Wildman–Crippen MR) is 115 cm³/mol. The fourth-order valence-corrected chi connectivity index (χ4v) is 3.25.